The number of carbonyl (C=O) groups is 2. The maximum absolute atomic E-state index is 16.6. The molecule has 11 heteroatoms. The van der Waals surface area contributed by atoms with Gasteiger partial charge in [0.25, 0.3) is 0 Å². The van der Waals surface area contributed by atoms with E-state index in [0.717, 1.165) is 51.7 Å². The van der Waals surface area contributed by atoms with E-state index in [9.17, 15) is 9.59 Å². The first-order valence-corrected chi connectivity index (χ1v) is 17.9. The lowest BCUT2D eigenvalue weighted by atomic mass is 9.60. The first-order valence-electron chi connectivity index (χ1n) is 17.9. The molecule has 12 unspecified atom stereocenters. The fraction of sp³-hybridized carbons (Fsp3) is 0.882. The third-order valence-corrected chi connectivity index (χ3v) is 13.5. The summed E-state index contributed by atoms with van der Waals surface area (Å²) < 4.78 is 32.4. The molecule has 7 rings (SSSR count). The summed E-state index contributed by atoms with van der Waals surface area (Å²) in [6.45, 7) is 15.5. The average molecular weight is 632 g/mol. The Labute approximate surface area is 267 Å². The minimum Gasteiger partial charge on any atom is -0.335 e. The van der Waals surface area contributed by atoms with Gasteiger partial charge in [-0.1, -0.05) is 20.4 Å². The molecule has 6 aliphatic heterocycles. The minimum atomic E-state index is -1.21. The van der Waals surface area contributed by atoms with Gasteiger partial charge in [-0.25, -0.2) is 13.6 Å². The van der Waals surface area contributed by atoms with Crippen molar-refractivity contribution in [3.63, 3.8) is 0 Å². The van der Waals surface area contributed by atoms with E-state index in [1.54, 1.807) is 0 Å². The molecule has 45 heavy (non-hydrogen) atoms. The normalized spacial score (nSPS) is 48.6. The van der Waals surface area contributed by atoms with Crippen molar-refractivity contribution in [2.45, 2.75) is 134 Å². The smallest absolute Gasteiger partial charge is 0.320 e. The summed E-state index contributed by atoms with van der Waals surface area (Å²) in [4.78, 5) is 33.1. The number of hydrogen-bond acceptors (Lipinski definition) is 6. The third-order valence-electron chi connectivity index (χ3n) is 13.5. The molecule has 3 amide bonds. The SMILES string of the molecule is C=CC(=O)N1CC2(CN(C3NC(=O)N4C5NC(C(F)CC53)C3C(F)CCCC3NCCCC3CCNC(C(C)C)C34)[C@H]2C)[C@H]1C. The number of piperidine rings is 2. The van der Waals surface area contributed by atoms with E-state index in [2.05, 4.69) is 65.3 Å². The molecule has 14 atom stereocenters. The monoisotopic (exact) mass is 631 g/mol. The molecule has 4 N–H and O–H groups in total. The Morgan fingerprint density at radius 1 is 1.00 bits per heavy atom. The zero-order valence-corrected chi connectivity index (χ0v) is 27.6. The number of amides is 3. The van der Waals surface area contributed by atoms with Crippen LogP contribution in [0.2, 0.25) is 0 Å². The van der Waals surface area contributed by atoms with E-state index >= 15 is 8.78 Å². The molecule has 0 aromatic carbocycles. The predicted octanol–water partition coefficient (Wildman–Crippen LogP) is 2.98. The van der Waals surface area contributed by atoms with Gasteiger partial charge in [0.15, 0.2) is 0 Å². The van der Waals surface area contributed by atoms with E-state index in [4.69, 9.17) is 0 Å². The lowest BCUT2D eigenvalue weighted by molar-refractivity contribution is -0.223. The summed E-state index contributed by atoms with van der Waals surface area (Å²) in [7, 11) is 0. The lowest BCUT2D eigenvalue weighted by Gasteiger charge is -2.71. The van der Waals surface area contributed by atoms with E-state index < -0.39 is 24.3 Å². The molecular weight excluding hydrogens is 576 g/mol. The van der Waals surface area contributed by atoms with Crippen LogP contribution in [0.3, 0.4) is 0 Å². The summed E-state index contributed by atoms with van der Waals surface area (Å²) in [6, 6.07) is -0.528. The van der Waals surface area contributed by atoms with Gasteiger partial charge in [-0.05, 0) is 89.8 Å². The Hall–Kier alpha value is -1.82. The molecule has 0 aromatic heterocycles. The number of urea groups is 1. The summed E-state index contributed by atoms with van der Waals surface area (Å²) in [6.07, 6.45) is 3.77. The average Bonchev–Trinajstić information content (AvgIpc) is 3.01. The topological polar surface area (TPSA) is 92.0 Å². The summed E-state index contributed by atoms with van der Waals surface area (Å²) >= 11 is 0. The van der Waals surface area contributed by atoms with Gasteiger partial charge >= 0.3 is 6.03 Å². The van der Waals surface area contributed by atoms with Gasteiger partial charge in [-0.2, -0.15) is 0 Å². The van der Waals surface area contributed by atoms with Crippen molar-refractivity contribution >= 4 is 11.9 Å². The van der Waals surface area contributed by atoms with Crippen LogP contribution in [-0.2, 0) is 4.79 Å². The number of likely N-dealkylation sites (tertiary alicyclic amines) is 2. The maximum Gasteiger partial charge on any atom is 0.320 e. The van der Waals surface area contributed by atoms with Crippen LogP contribution in [0.5, 0.6) is 0 Å². The number of alkyl halides is 2. The summed E-state index contributed by atoms with van der Waals surface area (Å²) in [5, 5.41) is 14.5. The van der Waals surface area contributed by atoms with Gasteiger partial charge in [0.1, 0.15) is 12.3 Å². The molecule has 252 valence electrons. The van der Waals surface area contributed by atoms with E-state index in [1.165, 1.54) is 6.08 Å². The number of nitrogens with one attached hydrogen (secondary N) is 4. The highest BCUT2D eigenvalue weighted by molar-refractivity contribution is 5.88. The second-order valence-corrected chi connectivity index (χ2v) is 15.8. The Morgan fingerprint density at radius 3 is 2.51 bits per heavy atom. The molecule has 1 spiro atoms. The van der Waals surface area contributed by atoms with Crippen LogP contribution >= 0.6 is 0 Å². The number of halogens is 2. The van der Waals surface area contributed by atoms with Crippen molar-refractivity contribution in [1.82, 2.24) is 36.0 Å². The van der Waals surface area contributed by atoms with Gasteiger partial charge in [0.05, 0.1) is 18.4 Å². The van der Waals surface area contributed by atoms with Crippen molar-refractivity contribution in [2.75, 3.05) is 26.2 Å². The fourth-order valence-electron chi connectivity index (χ4n) is 10.9. The minimum absolute atomic E-state index is 0.0375. The molecule has 6 saturated heterocycles. The van der Waals surface area contributed by atoms with Crippen LogP contribution < -0.4 is 21.3 Å². The highest BCUT2D eigenvalue weighted by Gasteiger charge is 2.66. The van der Waals surface area contributed by atoms with Crippen LogP contribution in [0.25, 0.3) is 0 Å². The van der Waals surface area contributed by atoms with Gasteiger partial charge in [0, 0.05) is 60.5 Å². The molecule has 0 radical (unpaired) electrons. The predicted molar refractivity (Wildman–Crippen MR) is 170 cm³/mol. The van der Waals surface area contributed by atoms with Crippen molar-refractivity contribution in [3.05, 3.63) is 12.7 Å². The molecule has 9 nitrogen and oxygen atoms in total. The quantitative estimate of drug-likeness (QED) is 0.359. The Balaban J connectivity index is 1.23. The van der Waals surface area contributed by atoms with Crippen molar-refractivity contribution in [1.29, 1.82) is 0 Å². The Kier molecular flexibility index (Phi) is 8.48. The van der Waals surface area contributed by atoms with Crippen LogP contribution in [0.4, 0.5) is 13.6 Å². The van der Waals surface area contributed by atoms with Crippen LogP contribution in [-0.4, -0.2) is 114 Å². The van der Waals surface area contributed by atoms with Crippen molar-refractivity contribution < 1.29 is 18.4 Å². The second-order valence-electron chi connectivity index (χ2n) is 15.8. The van der Waals surface area contributed by atoms with Crippen LogP contribution in [0, 0.1) is 29.1 Å². The third kappa shape index (κ3) is 4.96. The number of carbonyl (C=O) groups excluding carboxylic acids is 2. The zero-order valence-electron chi connectivity index (χ0n) is 27.6. The molecule has 7 fully saturated rings. The zero-order chi connectivity index (χ0) is 31.8. The van der Waals surface area contributed by atoms with Crippen LogP contribution in [0.15, 0.2) is 12.7 Å². The molecular formula is C34H55F2N7O2. The maximum atomic E-state index is 16.6. The van der Waals surface area contributed by atoms with Crippen molar-refractivity contribution in [2.24, 2.45) is 29.1 Å². The molecule has 2 bridgehead atoms. The lowest BCUT2D eigenvalue weighted by Crippen LogP contribution is -2.86. The Bertz CT molecular complexity index is 1160. The fourth-order valence-corrected chi connectivity index (χ4v) is 10.9. The molecule has 1 saturated carbocycles. The standard InChI is InChI=1S/C34H55F2N7O2/c1-6-26(44)41-16-34(19(41)4)17-42(20(34)5)31-22-15-24(36)29-27-23(35)10-7-11-25(27)37-13-8-9-21-12-14-38-28(18(2)3)30(21)43(32(22)39-29)33(45)40-31/h6,18-25,27-32,37-39H,1,7-17H2,2-5H3,(H,40,45)/t19-,20+,21?,22?,23?,24?,25?,27?,28?,29?,30?,31?,32?,34?/m1/s1. The van der Waals surface area contributed by atoms with Gasteiger partial charge in [-0.15, -0.1) is 0 Å². The number of hydrogen-bond donors (Lipinski definition) is 4. The van der Waals surface area contributed by atoms with E-state index in [0.29, 0.717) is 24.8 Å². The molecule has 7 aliphatic rings. The summed E-state index contributed by atoms with van der Waals surface area (Å²) in [5.41, 5.74) is -0.0453. The largest absolute Gasteiger partial charge is 0.335 e. The first kappa shape index (κ1) is 31.8. The van der Waals surface area contributed by atoms with E-state index in [1.807, 2.05) is 4.90 Å². The van der Waals surface area contributed by atoms with E-state index in [-0.39, 0.29) is 72.2 Å². The van der Waals surface area contributed by atoms with Gasteiger partial charge in [0.2, 0.25) is 5.91 Å². The second kappa shape index (κ2) is 12.0. The molecule has 6 heterocycles. The summed E-state index contributed by atoms with van der Waals surface area (Å²) in [5.74, 6) is -0.0563. The first-order chi connectivity index (χ1) is 21.6. The Morgan fingerprint density at radius 2 is 1.80 bits per heavy atom. The number of fused-ring (bicyclic) bond motifs is 5. The number of rotatable bonds is 3. The highest BCUT2D eigenvalue weighted by Crippen LogP contribution is 2.53. The molecule has 1 aliphatic carbocycles. The van der Waals surface area contributed by atoms with Crippen molar-refractivity contribution in [3.8, 4) is 0 Å². The highest BCUT2D eigenvalue weighted by atomic mass is 19.1. The molecule has 0 aromatic rings. The number of nitrogens with zero attached hydrogens (tertiary/aromatic N) is 3. The van der Waals surface area contributed by atoms with Crippen LogP contribution in [0.1, 0.15) is 72.6 Å². The van der Waals surface area contributed by atoms with Gasteiger partial charge in [-0.3, -0.25) is 15.0 Å². The van der Waals surface area contributed by atoms with Gasteiger partial charge < -0.3 is 25.8 Å².